The summed E-state index contributed by atoms with van der Waals surface area (Å²) in [4.78, 5) is 10.2. The first-order valence-electron chi connectivity index (χ1n) is 7.75. The molecule has 1 heterocycles. The smallest absolute Gasteiger partial charge is 0.269 e. The average molecular weight is 340 g/mol. The second-order valence-electron chi connectivity index (χ2n) is 6.61. The van der Waals surface area contributed by atoms with Crippen molar-refractivity contribution in [1.29, 1.82) is 0 Å². The van der Waals surface area contributed by atoms with Crippen molar-refractivity contribution in [2.45, 2.75) is 43.1 Å². The van der Waals surface area contributed by atoms with Crippen LogP contribution in [0, 0.1) is 15.5 Å². The second kappa shape index (κ2) is 5.85. The number of hydrogen-bond donors (Lipinski definition) is 1. The molecule has 0 amide bonds. The third-order valence-corrected chi connectivity index (χ3v) is 6.77. The van der Waals surface area contributed by atoms with Crippen LogP contribution < -0.4 is 0 Å². The number of rotatable bonds is 3. The van der Waals surface area contributed by atoms with E-state index < -0.39 is 21.1 Å². The fourth-order valence-electron chi connectivity index (χ4n) is 3.86. The lowest BCUT2D eigenvalue weighted by atomic mass is 9.78. The summed E-state index contributed by atoms with van der Waals surface area (Å²) in [7, 11) is -3.75. The van der Waals surface area contributed by atoms with Crippen LogP contribution in [0.15, 0.2) is 29.2 Å². The number of nitro groups is 1. The van der Waals surface area contributed by atoms with Gasteiger partial charge in [0.25, 0.3) is 5.69 Å². The number of aliphatic hydroxyl groups excluding tert-OH is 1. The monoisotopic (exact) mass is 340 g/mol. The fraction of sp³-hybridized carbons (Fsp3) is 0.600. The number of nitro benzene ring substituents is 1. The van der Waals surface area contributed by atoms with Crippen molar-refractivity contribution in [2.75, 3.05) is 13.1 Å². The van der Waals surface area contributed by atoms with E-state index in [0.717, 1.165) is 25.7 Å². The molecule has 1 aromatic rings. The molecule has 1 aromatic carbocycles. The van der Waals surface area contributed by atoms with Crippen molar-refractivity contribution < 1.29 is 18.4 Å². The minimum Gasteiger partial charge on any atom is -0.392 e. The van der Waals surface area contributed by atoms with Gasteiger partial charge < -0.3 is 5.11 Å². The third-order valence-electron chi connectivity index (χ3n) is 4.94. The van der Waals surface area contributed by atoms with Crippen LogP contribution in [-0.4, -0.2) is 41.9 Å². The molecular formula is C15H20N2O5S. The normalized spacial score (nSPS) is 24.8. The lowest BCUT2D eigenvalue weighted by Crippen LogP contribution is -2.50. The van der Waals surface area contributed by atoms with Gasteiger partial charge in [-0.15, -0.1) is 0 Å². The summed E-state index contributed by atoms with van der Waals surface area (Å²) in [6, 6.07) is 4.91. The molecule has 2 fully saturated rings. The van der Waals surface area contributed by atoms with Gasteiger partial charge in [0.15, 0.2) is 0 Å². The van der Waals surface area contributed by atoms with Gasteiger partial charge >= 0.3 is 0 Å². The molecule has 7 nitrogen and oxygen atoms in total. The lowest BCUT2D eigenvalue weighted by molar-refractivity contribution is -0.384. The topological polar surface area (TPSA) is 101 Å². The van der Waals surface area contributed by atoms with Gasteiger partial charge in [-0.25, -0.2) is 8.42 Å². The van der Waals surface area contributed by atoms with E-state index in [2.05, 4.69) is 0 Å². The Kier molecular flexibility index (Phi) is 4.16. The van der Waals surface area contributed by atoms with Crippen molar-refractivity contribution in [2.24, 2.45) is 5.41 Å². The van der Waals surface area contributed by atoms with Crippen LogP contribution in [-0.2, 0) is 10.0 Å². The molecule has 0 aromatic heterocycles. The summed E-state index contributed by atoms with van der Waals surface area (Å²) in [6.07, 6.45) is 4.01. The van der Waals surface area contributed by atoms with Crippen LogP contribution in [0.1, 0.15) is 32.1 Å². The predicted molar refractivity (Wildman–Crippen MR) is 83.4 cm³/mol. The first-order valence-corrected chi connectivity index (χ1v) is 9.19. The van der Waals surface area contributed by atoms with E-state index in [0.29, 0.717) is 13.0 Å². The van der Waals surface area contributed by atoms with Gasteiger partial charge in [-0.05, 0) is 36.8 Å². The van der Waals surface area contributed by atoms with E-state index in [1.54, 1.807) is 0 Å². The maximum atomic E-state index is 12.8. The van der Waals surface area contributed by atoms with Crippen molar-refractivity contribution in [1.82, 2.24) is 4.31 Å². The predicted octanol–water partition coefficient (Wildman–Crippen LogP) is 1.91. The molecule has 23 heavy (non-hydrogen) atoms. The second-order valence-corrected chi connectivity index (χ2v) is 8.55. The van der Waals surface area contributed by atoms with Gasteiger partial charge in [-0.2, -0.15) is 4.31 Å². The number of non-ortho nitro benzene ring substituents is 1. The number of nitrogens with zero attached hydrogens (tertiary/aromatic N) is 2. The molecule has 3 rings (SSSR count). The number of piperidine rings is 1. The van der Waals surface area contributed by atoms with Crippen LogP contribution in [0.5, 0.6) is 0 Å². The number of β-amino-alcohol motifs (C(OH)–C–C–N with tert-alkyl or cyclic N) is 1. The summed E-state index contributed by atoms with van der Waals surface area (Å²) in [6.45, 7) is 0.504. The highest BCUT2D eigenvalue weighted by atomic mass is 32.2. The van der Waals surface area contributed by atoms with Gasteiger partial charge in [0.1, 0.15) is 0 Å². The highest BCUT2D eigenvalue weighted by Crippen LogP contribution is 2.45. The van der Waals surface area contributed by atoms with Crippen LogP contribution in [0.3, 0.4) is 0 Å². The standard InChI is InChI=1S/C15H20N2O5S/c18-13-9-15(7-1-2-8-15)11-16(10-13)23(21,22)14-5-3-12(4-6-14)17(19)20/h3-6,13,18H,1-2,7-11H2. The fourth-order valence-corrected chi connectivity index (χ4v) is 5.45. The molecule has 126 valence electrons. The van der Waals surface area contributed by atoms with E-state index in [9.17, 15) is 23.6 Å². The van der Waals surface area contributed by atoms with Gasteiger partial charge in [0.05, 0.1) is 15.9 Å². The summed E-state index contributed by atoms with van der Waals surface area (Å²) < 4.78 is 26.9. The molecule has 1 atom stereocenters. The third kappa shape index (κ3) is 3.11. The maximum absolute atomic E-state index is 12.8. The SMILES string of the molecule is O=[N+]([O-])c1ccc(S(=O)(=O)N2CC(O)CC3(CCCC3)C2)cc1. The molecule has 1 spiro atoms. The van der Waals surface area contributed by atoms with Crippen LogP contribution in [0.2, 0.25) is 0 Å². The molecule has 2 aliphatic rings. The number of aliphatic hydroxyl groups is 1. The van der Waals surface area contributed by atoms with E-state index in [1.807, 2.05) is 0 Å². The number of sulfonamides is 1. The number of hydrogen-bond acceptors (Lipinski definition) is 5. The zero-order valence-electron chi connectivity index (χ0n) is 12.7. The Morgan fingerprint density at radius 3 is 2.39 bits per heavy atom. The molecule has 1 saturated heterocycles. The zero-order chi connectivity index (χ0) is 16.7. The molecule has 1 aliphatic heterocycles. The molecule has 0 radical (unpaired) electrons. The van der Waals surface area contributed by atoms with Crippen molar-refractivity contribution >= 4 is 15.7 Å². The van der Waals surface area contributed by atoms with E-state index in [1.165, 1.54) is 28.6 Å². The first kappa shape index (κ1) is 16.4. The quantitative estimate of drug-likeness (QED) is 0.669. The molecule has 8 heteroatoms. The maximum Gasteiger partial charge on any atom is 0.269 e. The zero-order valence-corrected chi connectivity index (χ0v) is 13.5. The molecule has 1 aliphatic carbocycles. The summed E-state index contributed by atoms with van der Waals surface area (Å²) in [5, 5.41) is 20.8. The summed E-state index contributed by atoms with van der Waals surface area (Å²) >= 11 is 0. The highest BCUT2D eigenvalue weighted by Gasteiger charge is 2.44. The van der Waals surface area contributed by atoms with Gasteiger partial charge in [0, 0.05) is 25.2 Å². The van der Waals surface area contributed by atoms with Crippen molar-refractivity contribution in [3.8, 4) is 0 Å². The van der Waals surface area contributed by atoms with Crippen LogP contribution in [0.25, 0.3) is 0 Å². The Labute approximate surface area is 135 Å². The Balaban J connectivity index is 1.87. The summed E-state index contributed by atoms with van der Waals surface area (Å²) in [5.41, 5.74) is -0.263. The molecule has 1 unspecified atom stereocenters. The van der Waals surface area contributed by atoms with E-state index >= 15 is 0 Å². The number of benzene rings is 1. The lowest BCUT2D eigenvalue weighted by Gasteiger charge is -2.42. The van der Waals surface area contributed by atoms with Crippen molar-refractivity contribution in [3.63, 3.8) is 0 Å². The molecule has 1 saturated carbocycles. The average Bonchev–Trinajstić information content (AvgIpc) is 2.94. The Bertz CT molecular complexity index is 695. The van der Waals surface area contributed by atoms with Gasteiger partial charge in [-0.3, -0.25) is 10.1 Å². The Morgan fingerprint density at radius 1 is 1.22 bits per heavy atom. The van der Waals surface area contributed by atoms with E-state index in [-0.39, 0.29) is 22.5 Å². The molecular weight excluding hydrogens is 320 g/mol. The van der Waals surface area contributed by atoms with Crippen LogP contribution >= 0.6 is 0 Å². The van der Waals surface area contributed by atoms with E-state index in [4.69, 9.17) is 0 Å². The van der Waals surface area contributed by atoms with Gasteiger partial charge in [0.2, 0.25) is 10.0 Å². The van der Waals surface area contributed by atoms with Crippen molar-refractivity contribution in [3.05, 3.63) is 34.4 Å². The minimum absolute atomic E-state index is 0.0327. The Morgan fingerprint density at radius 2 is 1.83 bits per heavy atom. The highest BCUT2D eigenvalue weighted by molar-refractivity contribution is 7.89. The van der Waals surface area contributed by atoms with Gasteiger partial charge in [-0.1, -0.05) is 12.8 Å². The summed E-state index contributed by atoms with van der Waals surface area (Å²) in [5.74, 6) is 0. The molecule has 1 N–H and O–H groups in total. The minimum atomic E-state index is -3.75. The van der Waals surface area contributed by atoms with Crippen LogP contribution in [0.4, 0.5) is 5.69 Å². The first-order chi connectivity index (χ1) is 10.8. The largest absolute Gasteiger partial charge is 0.392 e. The molecule has 0 bridgehead atoms. The Hall–Kier alpha value is -1.51.